The van der Waals surface area contributed by atoms with Gasteiger partial charge >= 0.3 is 5.69 Å². The van der Waals surface area contributed by atoms with Crippen molar-refractivity contribution >= 4 is 0 Å². The van der Waals surface area contributed by atoms with Crippen LogP contribution in [0.25, 0.3) is 11.3 Å². The molecule has 1 aliphatic rings. The number of rotatable bonds is 3. The minimum absolute atomic E-state index is 0.00712. The Bertz CT molecular complexity index is 933. The van der Waals surface area contributed by atoms with Gasteiger partial charge in [0.2, 0.25) is 5.88 Å². The van der Waals surface area contributed by atoms with Gasteiger partial charge in [-0.05, 0) is 44.0 Å². The number of nitrogens with one attached hydrogen (secondary N) is 1. The third-order valence-electron chi connectivity index (χ3n) is 4.61. The van der Waals surface area contributed by atoms with E-state index in [2.05, 4.69) is 48.1 Å². The van der Waals surface area contributed by atoms with Crippen molar-refractivity contribution in [3.8, 4) is 17.1 Å². The van der Waals surface area contributed by atoms with Crippen LogP contribution >= 0.6 is 0 Å². The molecule has 0 radical (unpaired) electrons. The SMILES string of the molecule is Cc1cc(C)cc(-c2ccc([C@@H]3C[C@H]3n3c(O)c[nH]c3=O)cn2)c1. The molecular weight excluding hydrogens is 302 g/mol. The number of aromatic hydroxyl groups is 1. The maximum Gasteiger partial charge on any atom is 0.328 e. The lowest BCUT2D eigenvalue weighted by molar-refractivity contribution is 0.413. The summed E-state index contributed by atoms with van der Waals surface area (Å²) in [4.78, 5) is 18.8. The zero-order valence-electron chi connectivity index (χ0n) is 13.7. The molecule has 0 spiro atoms. The average molecular weight is 321 g/mol. The van der Waals surface area contributed by atoms with E-state index in [-0.39, 0.29) is 23.5 Å². The van der Waals surface area contributed by atoms with Gasteiger partial charge in [0.15, 0.2) is 0 Å². The van der Waals surface area contributed by atoms with Crippen molar-refractivity contribution in [3.05, 3.63) is 69.9 Å². The molecule has 1 fully saturated rings. The number of hydrogen-bond acceptors (Lipinski definition) is 3. The first-order chi connectivity index (χ1) is 11.5. The van der Waals surface area contributed by atoms with Gasteiger partial charge in [-0.2, -0.15) is 0 Å². The molecule has 5 heteroatoms. The van der Waals surface area contributed by atoms with Crippen molar-refractivity contribution in [2.24, 2.45) is 0 Å². The second kappa shape index (κ2) is 5.37. The van der Waals surface area contributed by atoms with Gasteiger partial charge in [-0.1, -0.05) is 23.3 Å². The highest BCUT2D eigenvalue weighted by Gasteiger charge is 2.42. The Hall–Kier alpha value is -2.82. The Kier molecular flexibility index (Phi) is 3.30. The summed E-state index contributed by atoms with van der Waals surface area (Å²) in [5, 5.41) is 9.77. The number of hydrogen-bond donors (Lipinski definition) is 2. The molecule has 4 rings (SSSR count). The highest BCUT2D eigenvalue weighted by atomic mass is 16.3. The van der Waals surface area contributed by atoms with Gasteiger partial charge in [-0.15, -0.1) is 0 Å². The van der Waals surface area contributed by atoms with E-state index in [0.29, 0.717) is 0 Å². The largest absolute Gasteiger partial charge is 0.493 e. The van der Waals surface area contributed by atoms with Gasteiger partial charge < -0.3 is 10.1 Å². The molecule has 122 valence electrons. The minimum atomic E-state index is -0.264. The summed E-state index contributed by atoms with van der Waals surface area (Å²) >= 11 is 0. The Morgan fingerprint density at radius 2 is 1.96 bits per heavy atom. The molecule has 3 aromatic rings. The van der Waals surface area contributed by atoms with Gasteiger partial charge in [0.25, 0.3) is 0 Å². The molecule has 0 aliphatic heterocycles. The Balaban J connectivity index is 1.58. The number of imidazole rings is 1. The van der Waals surface area contributed by atoms with Crippen LogP contribution < -0.4 is 5.69 Å². The van der Waals surface area contributed by atoms with E-state index in [4.69, 9.17) is 0 Å². The van der Waals surface area contributed by atoms with E-state index in [0.717, 1.165) is 23.2 Å². The molecule has 1 aliphatic carbocycles. The quantitative estimate of drug-likeness (QED) is 0.777. The standard InChI is InChI=1S/C19H19N3O2/c1-11-5-12(2)7-14(6-11)16-4-3-13(9-20-16)15-8-17(15)22-18(23)10-21-19(22)24/h3-7,9-10,15,17,23H,8H2,1-2H3,(H,21,24)/t15-,17+/m0/s1. The average Bonchev–Trinajstić information content (AvgIpc) is 3.25. The number of benzene rings is 1. The Labute approximate surface area is 139 Å². The second-order valence-corrected chi connectivity index (χ2v) is 6.58. The van der Waals surface area contributed by atoms with E-state index >= 15 is 0 Å². The first-order valence-electron chi connectivity index (χ1n) is 8.06. The van der Waals surface area contributed by atoms with Crippen molar-refractivity contribution < 1.29 is 5.11 Å². The van der Waals surface area contributed by atoms with Crippen LogP contribution in [0.3, 0.4) is 0 Å². The first-order valence-corrected chi connectivity index (χ1v) is 8.06. The fourth-order valence-corrected chi connectivity index (χ4v) is 3.43. The third-order valence-corrected chi connectivity index (χ3v) is 4.61. The molecule has 1 aromatic carbocycles. The van der Waals surface area contributed by atoms with E-state index in [1.54, 1.807) is 0 Å². The molecule has 0 saturated heterocycles. The number of aromatic nitrogens is 3. The highest BCUT2D eigenvalue weighted by molar-refractivity contribution is 5.61. The zero-order chi connectivity index (χ0) is 16.8. The molecule has 24 heavy (non-hydrogen) atoms. The summed E-state index contributed by atoms with van der Waals surface area (Å²) in [6.45, 7) is 4.17. The number of nitrogens with zero attached hydrogens (tertiary/aromatic N) is 2. The normalized spacial score (nSPS) is 19.4. The Morgan fingerprint density at radius 3 is 2.54 bits per heavy atom. The molecular formula is C19H19N3O2. The third kappa shape index (κ3) is 2.52. The van der Waals surface area contributed by atoms with Crippen LogP contribution in [0, 0.1) is 13.8 Å². The van der Waals surface area contributed by atoms with E-state index < -0.39 is 0 Å². The molecule has 0 unspecified atom stereocenters. The van der Waals surface area contributed by atoms with E-state index in [1.165, 1.54) is 21.9 Å². The zero-order valence-corrected chi connectivity index (χ0v) is 13.7. The lowest BCUT2D eigenvalue weighted by atomic mass is 10.0. The van der Waals surface area contributed by atoms with Gasteiger partial charge in [0.1, 0.15) is 0 Å². The predicted molar refractivity (Wildman–Crippen MR) is 92.3 cm³/mol. The molecule has 2 atom stereocenters. The molecule has 2 heterocycles. The van der Waals surface area contributed by atoms with Crippen LogP contribution in [0.15, 0.2) is 47.5 Å². The molecule has 0 bridgehead atoms. The van der Waals surface area contributed by atoms with Crippen molar-refractivity contribution in [3.63, 3.8) is 0 Å². The molecule has 5 nitrogen and oxygen atoms in total. The number of aryl methyl sites for hydroxylation is 2. The number of pyridine rings is 1. The van der Waals surface area contributed by atoms with Gasteiger partial charge in [-0.25, -0.2) is 4.79 Å². The number of H-pyrrole nitrogens is 1. The van der Waals surface area contributed by atoms with Crippen LogP contribution in [-0.4, -0.2) is 19.6 Å². The van der Waals surface area contributed by atoms with Crippen molar-refractivity contribution in [1.82, 2.24) is 14.5 Å². The van der Waals surface area contributed by atoms with Crippen LogP contribution in [0.2, 0.25) is 0 Å². The van der Waals surface area contributed by atoms with E-state index in [1.807, 2.05) is 12.3 Å². The maximum absolute atomic E-state index is 11.7. The maximum atomic E-state index is 11.7. The summed E-state index contributed by atoms with van der Waals surface area (Å²) in [6, 6.07) is 10.5. The molecule has 2 aromatic heterocycles. The van der Waals surface area contributed by atoms with Gasteiger partial charge in [0.05, 0.1) is 11.9 Å². The highest BCUT2D eigenvalue weighted by Crippen LogP contribution is 2.51. The topological polar surface area (TPSA) is 70.9 Å². The Morgan fingerprint density at radius 1 is 1.21 bits per heavy atom. The first kappa shape index (κ1) is 14.8. The summed E-state index contributed by atoms with van der Waals surface area (Å²) in [5.74, 6) is 0.220. The van der Waals surface area contributed by atoms with Gasteiger partial charge in [0, 0.05) is 23.7 Å². The smallest absolute Gasteiger partial charge is 0.328 e. The van der Waals surface area contributed by atoms with Crippen LogP contribution in [0.4, 0.5) is 0 Å². The lowest BCUT2D eigenvalue weighted by Gasteiger charge is -2.06. The molecule has 2 N–H and O–H groups in total. The van der Waals surface area contributed by atoms with Crippen molar-refractivity contribution in [2.45, 2.75) is 32.2 Å². The van der Waals surface area contributed by atoms with Gasteiger partial charge in [-0.3, -0.25) is 9.55 Å². The lowest BCUT2D eigenvalue weighted by Crippen LogP contribution is -2.15. The van der Waals surface area contributed by atoms with Crippen LogP contribution in [0.1, 0.15) is 35.1 Å². The summed E-state index contributed by atoms with van der Waals surface area (Å²) in [5.41, 5.74) is 5.34. The van der Waals surface area contributed by atoms with Crippen LogP contribution in [0.5, 0.6) is 5.88 Å². The van der Waals surface area contributed by atoms with Crippen molar-refractivity contribution in [2.75, 3.05) is 0 Å². The number of aromatic amines is 1. The fourth-order valence-electron chi connectivity index (χ4n) is 3.43. The molecule has 1 saturated carbocycles. The van der Waals surface area contributed by atoms with Crippen LogP contribution in [-0.2, 0) is 0 Å². The fraction of sp³-hybridized carbons (Fsp3) is 0.263. The minimum Gasteiger partial charge on any atom is -0.493 e. The molecule has 0 amide bonds. The summed E-state index contributed by atoms with van der Waals surface area (Å²) in [7, 11) is 0. The summed E-state index contributed by atoms with van der Waals surface area (Å²) in [6.07, 6.45) is 4.06. The van der Waals surface area contributed by atoms with Crippen molar-refractivity contribution in [1.29, 1.82) is 0 Å². The summed E-state index contributed by atoms with van der Waals surface area (Å²) < 4.78 is 1.42. The predicted octanol–water partition coefficient (Wildman–Crippen LogP) is 3.29. The van der Waals surface area contributed by atoms with E-state index in [9.17, 15) is 9.90 Å². The second-order valence-electron chi connectivity index (χ2n) is 6.58. The monoisotopic (exact) mass is 321 g/mol.